The molecule has 5 heteroatoms. The minimum absolute atomic E-state index is 0.0931. The number of hydrogen-bond acceptors (Lipinski definition) is 4. The van der Waals surface area contributed by atoms with Crippen molar-refractivity contribution >= 4 is 38.3 Å². The highest BCUT2D eigenvalue weighted by Gasteiger charge is 2.35. The van der Waals surface area contributed by atoms with Crippen molar-refractivity contribution in [2.75, 3.05) is 4.90 Å². The number of aromatic nitrogens is 1. The summed E-state index contributed by atoms with van der Waals surface area (Å²) in [6.45, 7) is 2.12. The third-order valence-corrected chi connectivity index (χ3v) is 6.24. The Morgan fingerprint density at radius 2 is 1.83 bits per heavy atom. The molecule has 1 amide bonds. The summed E-state index contributed by atoms with van der Waals surface area (Å²) < 4.78 is 7.05. The summed E-state index contributed by atoms with van der Waals surface area (Å²) in [5, 5.41) is 0.667. The van der Waals surface area contributed by atoms with Gasteiger partial charge in [0.2, 0.25) is 0 Å². The Balaban J connectivity index is 1.55. The largest absolute Gasteiger partial charge is 0.480 e. The van der Waals surface area contributed by atoms with Crippen LogP contribution in [0.5, 0.6) is 5.75 Å². The molecule has 4 nitrogen and oxygen atoms in total. The fourth-order valence-corrected chi connectivity index (χ4v) is 4.62. The van der Waals surface area contributed by atoms with E-state index in [-0.39, 0.29) is 5.91 Å². The van der Waals surface area contributed by atoms with Crippen LogP contribution in [0.25, 0.3) is 10.2 Å². The first-order valence-corrected chi connectivity index (χ1v) is 10.6. The average molecular weight is 401 g/mol. The monoisotopic (exact) mass is 400 g/mol. The van der Waals surface area contributed by atoms with E-state index in [4.69, 9.17) is 9.72 Å². The lowest BCUT2D eigenvalue weighted by Gasteiger charge is -2.23. The Labute approximate surface area is 173 Å². The summed E-state index contributed by atoms with van der Waals surface area (Å²) in [6.07, 6.45) is 0.977. The molecule has 1 aliphatic rings. The second-order valence-electron chi connectivity index (χ2n) is 7.08. The summed E-state index contributed by atoms with van der Waals surface area (Å²) in [7, 11) is 0. The number of anilines is 2. The zero-order valence-corrected chi connectivity index (χ0v) is 16.9. The Hall–Kier alpha value is -3.18. The molecule has 0 radical (unpaired) electrons. The van der Waals surface area contributed by atoms with Crippen LogP contribution in [0.15, 0.2) is 72.8 Å². The van der Waals surface area contributed by atoms with E-state index in [1.165, 1.54) is 16.9 Å². The molecule has 2 heterocycles. The van der Waals surface area contributed by atoms with Gasteiger partial charge in [-0.2, -0.15) is 0 Å². The molecule has 0 spiro atoms. The van der Waals surface area contributed by atoms with Gasteiger partial charge in [0.05, 0.1) is 15.9 Å². The summed E-state index contributed by atoms with van der Waals surface area (Å²) in [5.74, 6) is 0.695. The van der Waals surface area contributed by atoms with Crippen molar-refractivity contribution in [3.8, 4) is 5.75 Å². The minimum Gasteiger partial charge on any atom is -0.480 e. The maximum Gasteiger partial charge on any atom is 0.274 e. The molecule has 1 aliphatic heterocycles. The molecule has 0 N–H and O–H groups in total. The average Bonchev–Trinajstić information content (AvgIpc) is 3.38. The lowest BCUT2D eigenvalue weighted by atomic mass is 10.1. The normalized spacial score (nSPS) is 15.1. The van der Waals surface area contributed by atoms with Gasteiger partial charge in [0.1, 0.15) is 5.75 Å². The number of para-hydroxylation sites is 2. The summed E-state index contributed by atoms with van der Waals surface area (Å²) >= 11 is 1.52. The highest BCUT2D eigenvalue weighted by molar-refractivity contribution is 7.22. The first-order valence-electron chi connectivity index (χ1n) is 9.76. The van der Waals surface area contributed by atoms with E-state index in [2.05, 4.69) is 19.1 Å². The number of ether oxygens (including phenoxy) is 1. The fraction of sp³-hybridized carbons (Fsp3) is 0.167. The second-order valence-corrected chi connectivity index (χ2v) is 8.09. The summed E-state index contributed by atoms with van der Waals surface area (Å²) in [4.78, 5) is 20.1. The van der Waals surface area contributed by atoms with Gasteiger partial charge in [0.15, 0.2) is 11.2 Å². The molecular weight excluding hydrogens is 380 g/mol. The quantitative estimate of drug-likeness (QED) is 0.452. The maximum absolute atomic E-state index is 13.6. The van der Waals surface area contributed by atoms with Crippen LogP contribution in [-0.4, -0.2) is 17.0 Å². The predicted molar refractivity (Wildman–Crippen MR) is 117 cm³/mol. The fourth-order valence-electron chi connectivity index (χ4n) is 3.63. The number of hydrogen-bond donors (Lipinski definition) is 0. The number of carbonyl (C=O) groups is 1. The standard InChI is InChI=1S/C24H20N2O2S/c1-2-16-11-13-18(14-12-16)26(24-25-19-8-4-6-10-22(19)29-24)23(27)21-15-17-7-3-5-9-20(17)28-21/h3-14,21H,2,15H2,1H3. The van der Waals surface area contributed by atoms with Crippen LogP contribution in [-0.2, 0) is 17.6 Å². The van der Waals surface area contributed by atoms with Gasteiger partial charge >= 0.3 is 0 Å². The van der Waals surface area contributed by atoms with Gasteiger partial charge in [-0.05, 0) is 47.9 Å². The van der Waals surface area contributed by atoms with E-state index in [1.54, 1.807) is 4.90 Å². The van der Waals surface area contributed by atoms with E-state index >= 15 is 0 Å². The second kappa shape index (κ2) is 7.33. The maximum atomic E-state index is 13.6. The zero-order valence-electron chi connectivity index (χ0n) is 16.0. The van der Waals surface area contributed by atoms with Gasteiger partial charge in [-0.1, -0.05) is 60.7 Å². The number of benzene rings is 3. The van der Waals surface area contributed by atoms with Crippen LogP contribution < -0.4 is 9.64 Å². The van der Waals surface area contributed by atoms with Gasteiger partial charge in [0, 0.05) is 6.42 Å². The van der Waals surface area contributed by atoms with Crippen molar-refractivity contribution in [3.05, 3.63) is 83.9 Å². The van der Waals surface area contributed by atoms with E-state index < -0.39 is 6.10 Å². The van der Waals surface area contributed by atoms with Crippen molar-refractivity contribution in [3.63, 3.8) is 0 Å². The number of aryl methyl sites for hydroxylation is 1. The smallest absolute Gasteiger partial charge is 0.274 e. The molecule has 1 aromatic heterocycles. The molecule has 4 aromatic rings. The Morgan fingerprint density at radius 1 is 1.07 bits per heavy atom. The molecule has 0 fully saturated rings. The van der Waals surface area contributed by atoms with Gasteiger partial charge in [-0.25, -0.2) is 4.98 Å². The minimum atomic E-state index is -0.551. The van der Waals surface area contributed by atoms with E-state index in [0.717, 1.165) is 33.6 Å². The third-order valence-electron chi connectivity index (χ3n) is 5.22. The van der Waals surface area contributed by atoms with Gasteiger partial charge in [-0.3, -0.25) is 9.69 Å². The molecule has 0 saturated carbocycles. The predicted octanol–water partition coefficient (Wildman–Crippen LogP) is 5.53. The number of nitrogens with zero attached hydrogens (tertiary/aromatic N) is 2. The zero-order chi connectivity index (χ0) is 19.8. The van der Waals surface area contributed by atoms with E-state index in [1.807, 2.05) is 60.7 Å². The van der Waals surface area contributed by atoms with Crippen LogP contribution in [0.3, 0.4) is 0 Å². The number of rotatable bonds is 4. The SMILES string of the molecule is CCc1ccc(N(C(=O)C2Cc3ccccc3O2)c2nc3ccccc3s2)cc1. The molecule has 1 atom stereocenters. The number of amides is 1. The van der Waals surface area contributed by atoms with Crippen molar-refractivity contribution in [1.29, 1.82) is 0 Å². The molecule has 3 aromatic carbocycles. The number of carbonyl (C=O) groups excluding carboxylic acids is 1. The summed E-state index contributed by atoms with van der Waals surface area (Å²) in [6, 6.07) is 23.9. The molecule has 0 saturated heterocycles. The molecule has 29 heavy (non-hydrogen) atoms. The van der Waals surface area contributed by atoms with Gasteiger partial charge < -0.3 is 4.74 Å². The van der Waals surface area contributed by atoms with Crippen LogP contribution >= 0.6 is 11.3 Å². The molecule has 5 rings (SSSR count). The molecule has 0 aliphatic carbocycles. The Morgan fingerprint density at radius 3 is 2.59 bits per heavy atom. The molecular formula is C24H20N2O2S. The van der Waals surface area contributed by atoms with E-state index in [0.29, 0.717) is 11.6 Å². The van der Waals surface area contributed by atoms with E-state index in [9.17, 15) is 4.79 Å². The van der Waals surface area contributed by atoms with Crippen molar-refractivity contribution in [1.82, 2.24) is 4.98 Å². The number of thiazole rings is 1. The van der Waals surface area contributed by atoms with Crippen LogP contribution in [0.1, 0.15) is 18.1 Å². The van der Waals surface area contributed by atoms with Crippen LogP contribution in [0.4, 0.5) is 10.8 Å². The van der Waals surface area contributed by atoms with Crippen molar-refractivity contribution in [2.45, 2.75) is 25.9 Å². The lowest BCUT2D eigenvalue weighted by molar-refractivity contribution is -0.123. The topological polar surface area (TPSA) is 42.4 Å². The first kappa shape index (κ1) is 17.9. The van der Waals surface area contributed by atoms with Crippen LogP contribution in [0, 0.1) is 0 Å². The Kier molecular flexibility index (Phi) is 4.52. The number of fused-ring (bicyclic) bond motifs is 2. The van der Waals surface area contributed by atoms with Crippen molar-refractivity contribution in [2.24, 2.45) is 0 Å². The lowest BCUT2D eigenvalue weighted by Crippen LogP contribution is -2.38. The highest BCUT2D eigenvalue weighted by Crippen LogP contribution is 2.36. The molecule has 0 bridgehead atoms. The molecule has 1 unspecified atom stereocenters. The third kappa shape index (κ3) is 3.28. The highest BCUT2D eigenvalue weighted by atomic mass is 32.1. The van der Waals surface area contributed by atoms with Crippen molar-refractivity contribution < 1.29 is 9.53 Å². The van der Waals surface area contributed by atoms with Crippen LogP contribution in [0.2, 0.25) is 0 Å². The first-order chi connectivity index (χ1) is 14.2. The summed E-state index contributed by atoms with van der Waals surface area (Å²) in [5.41, 5.74) is 4.00. The molecule has 144 valence electrons. The Bertz CT molecular complexity index is 1120. The van der Waals surface area contributed by atoms with Gasteiger partial charge in [0.25, 0.3) is 5.91 Å². The van der Waals surface area contributed by atoms with Gasteiger partial charge in [-0.15, -0.1) is 0 Å².